The van der Waals surface area contributed by atoms with Crippen molar-refractivity contribution < 1.29 is 14.6 Å². The van der Waals surface area contributed by atoms with Crippen molar-refractivity contribution in [3.63, 3.8) is 0 Å². The number of hydrogen-bond donors (Lipinski definition) is 2. The third-order valence-electron chi connectivity index (χ3n) is 1.79. The maximum atomic E-state index is 11.1. The van der Waals surface area contributed by atoms with Gasteiger partial charge in [0.25, 0.3) is 0 Å². The fourth-order valence-electron chi connectivity index (χ4n) is 0.980. The second kappa shape index (κ2) is 4.30. The minimum absolute atomic E-state index is 0.0486. The molecule has 0 fully saturated rings. The molecular formula is C9H10ClNO3. The molecule has 1 atom stereocenters. The first-order valence-corrected chi connectivity index (χ1v) is 4.26. The molecule has 1 aromatic rings. The summed E-state index contributed by atoms with van der Waals surface area (Å²) in [6.45, 7) is 0. The van der Waals surface area contributed by atoms with Gasteiger partial charge in [-0.2, -0.15) is 0 Å². The van der Waals surface area contributed by atoms with Gasteiger partial charge in [0.15, 0.2) is 0 Å². The van der Waals surface area contributed by atoms with Gasteiger partial charge in [-0.3, -0.25) is 4.79 Å². The van der Waals surface area contributed by atoms with Crippen LogP contribution in [0.5, 0.6) is 5.75 Å². The maximum absolute atomic E-state index is 11.1. The number of hydrogen-bond acceptors (Lipinski definition) is 4. The van der Waals surface area contributed by atoms with Gasteiger partial charge in [0.2, 0.25) is 0 Å². The number of carbonyl (C=O) groups is 1. The van der Waals surface area contributed by atoms with Crippen molar-refractivity contribution in [2.24, 2.45) is 5.73 Å². The summed E-state index contributed by atoms with van der Waals surface area (Å²) in [5.41, 5.74) is 6.05. The van der Waals surface area contributed by atoms with Crippen LogP contribution >= 0.6 is 11.6 Å². The number of methoxy groups -OCH3 is 1. The molecule has 14 heavy (non-hydrogen) atoms. The average molecular weight is 216 g/mol. The second-order valence-corrected chi connectivity index (χ2v) is 3.12. The predicted molar refractivity (Wildman–Crippen MR) is 52.1 cm³/mol. The molecule has 0 unspecified atom stereocenters. The molecule has 0 spiro atoms. The summed E-state index contributed by atoms with van der Waals surface area (Å²) in [6, 6.07) is 3.44. The first kappa shape index (κ1) is 10.8. The normalized spacial score (nSPS) is 12.2. The van der Waals surface area contributed by atoms with Crippen LogP contribution in [-0.4, -0.2) is 18.2 Å². The molecule has 1 aromatic carbocycles. The topological polar surface area (TPSA) is 72.5 Å². The molecule has 0 saturated carbocycles. The van der Waals surface area contributed by atoms with Gasteiger partial charge in [-0.15, -0.1) is 0 Å². The number of phenols is 1. The van der Waals surface area contributed by atoms with Crippen LogP contribution < -0.4 is 5.73 Å². The highest BCUT2D eigenvalue weighted by molar-refractivity contribution is 6.32. The van der Waals surface area contributed by atoms with E-state index in [0.717, 1.165) is 0 Å². The summed E-state index contributed by atoms with van der Waals surface area (Å²) in [7, 11) is 1.25. The lowest BCUT2D eigenvalue weighted by Gasteiger charge is -2.09. The van der Waals surface area contributed by atoms with Gasteiger partial charge in [0, 0.05) is 0 Å². The molecule has 0 radical (unpaired) electrons. The van der Waals surface area contributed by atoms with Crippen molar-refractivity contribution in [3.05, 3.63) is 28.8 Å². The lowest BCUT2D eigenvalue weighted by Crippen LogP contribution is -2.22. The number of nitrogens with two attached hydrogens (primary N) is 1. The number of benzene rings is 1. The molecule has 1 rings (SSSR count). The highest BCUT2D eigenvalue weighted by Crippen LogP contribution is 2.26. The van der Waals surface area contributed by atoms with Gasteiger partial charge < -0.3 is 15.6 Å². The number of aromatic hydroxyl groups is 1. The third-order valence-corrected chi connectivity index (χ3v) is 2.09. The van der Waals surface area contributed by atoms with Gasteiger partial charge in [0.05, 0.1) is 12.1 Å². The molecule has 0 saturated heterocycles. The monoisotopic (exact) mass is 215 g/mol. The zero-order valence-electron chi connectivity index (χ0n) is 7.53. The molecular weight excluding hydrogens is 206 g/mol. The van der Waals surface area contributed by atoms with Crippen LogP contribution in [0.4, 0.5) is 0 Å². The van der Waals surface area contributed by atoms with E-state index in [9.17, 15) is 4.79 Å². The highest BCUT2D eigenvalue weighted by Gasteiger charge is 2.16. The van der Waals surface area contributed by atoms with Crippen molar-refractivity contribution in [2.45, 2.75) is 6.04 Å². The summed E-state index contributed by atoms with van der Waals surface area (Å²) < 4.78 is 4.47. The summed E-state index contributed by atoms with van der Waals surface area (Å²) in [4.78, 5) is 11.1. The predicted octanol–water partition coefficient (Wildman–Crippen LogP) is 1.22. The number of phenolic OH excluding ortho intramolecular Hbond substituents is 1. The zero-order chi connectivity index (χ0) is 10.7. The Kier molecular flexibility index (Phi) is 3.33. The van der Waals surface area contributed by atoms with E-state index >= 15 is 0 Å². The molecule has 3 N–H and O–H groups in total. The number of rotatable bonds is 2. The Bertz CT molecular complexity index is 354. The van der Waals surface area contributed by atoms with Crippen LogP contribution in [-0.2, 0) is 9.53 Å². The molecule has 4 nitrogen and oxygen atoms in total. The van der Waals surface area contributed by atoms with Crippen LogP contribution in [0.15, 0.2) is 18.2 Å². The largest absolute Gasteiger partial charge is 0.506 e. The lowest BCUT2D eigenvalue weighted by molar-refractivity contribution is -0.142. The first-order chi connectivity index (χ1) is 6.56. The van der Waals surface area contributed by atoms with Gasteiger partial charge in [0.1, 0.15) is 11.8 Å². The van der Waals surface area contributed by atoms with Crippen LogP contribution in [0.25, 0.3) is 0 Å². The average Bonchev–Trinajstić information content (AvgIpc) is 2.20. The smallest absolute Gasteiger partial charge is 0.327 e. The van der Waals surface area contributed by atoms with Gasteiger partial charge in [-0.25, -0.2) is 0 Å². The molecule has 0 amide bonds. The van der Waals surface area contributed by atoms with Crippen LogP contribution in [0.1, 0.15) is 11.6 Å². The number of carbonyl (C=O) groups excluding carboxylic acids is 1. The lowest BCUT2D eigenvalue weighted by atomic mass is 10.1. The zero-order valence-corrected chi connectivity index (χ0v) is 8.28. The third kappa shape index (κ3) is 2.16. The Hall–Kier alpha value is -1.26. The van der Waals surface area contributed by atoms with Gasteiger partial charge in [-0.1, -0.05) is 17.7 Å². The molecule has 0 aliphatic rings. The highest BCUT2D eigenvalue weighted by atomic mass is 35.5. The Balaban J connectivity index is 2.96. The van der Waals surface area contributed by atoms with Crippen LogP contribution in [0, 0.1) is 0 Å². The van der Waals surface area contributed by atoms with E-state index in [-0.39, 0.29) is 10.8 Å². The fraction of sp³-hybridized carbons (Fsp3) is 0.222. The molecule has 0 aliphatic heterocycles. The molecule has 76 valence electrons. The van der Waals surface area contributed by atoms with Crippen LogP contribution in [0.3, 0.4) is 0 Å². The van der Waals surface area contributed by atoms with E-state index < -0.39 is 12.0 Å². The minimum Gasteiger partial charge on any atom is -0.506 e. The number of ether oxygens (including phenoxy) is 1. The Morgan fingerprint density at radius 3 is 2.79 bits per heavy atom. The van der Waals surface area contributed by atoms with Crippen molar-refractivity contribution in [1.82, 2.24) is 0 Å². The Morgan fingerprint density at radius 1 is 1.64 bits per heavy atom. The molecule has 0 heterocycles. The summed E-state index contributed by atoms with van der Waals surface area (Å²) in [5, 5.41) is 9.29. The van der Waals surface area contributed by atoms with E-state index in [1.165, 1.54) is 25.3 Å². The second-order valence-electron chi connectivity index (χ2n) is 2.71. The summed E-state index contributed by atoms with van der Waals surface area (Å²) in [5.74, 6) is -0.598. The summed E-state index contributed by atoms with van der Waals surface area (Å²) in [6.07, 6.45) is 0. The molecule has 0 aliphatic carbocycles. The maximum Gasteiger partial charge on any atom is 0.327 e. The first-order valence-electron chi connectivity index (χ1n) is 3.88. The number of esters is 1. The van der Waals surface area contributed by atoms with E-state index in [0.29, 0.717) is 5.56 Å². The molecule has 5 heteroatoms. The van der Waals surface area contributed by atoms with Gasteiger partial charge in [-0.05, 0) is 17.7 Å². The van der Waals surface area contributed by atoms with E-state index in [4.69, 9.17) is 22.4 Å². The van der Waals surface area contributed by atoms with E-state index in [1.54, 1.807) is 0 Å². The SMILES string of the molecule is COC(=O)[C@@H](N)c1ccc(O)c(Cl)c1. The van der Waals surface area contributed by atoms with Crippen molar-refractivity contribution in [1.29, 1.82) is 0 Å². The quantitative estimate of drug-likeness (QED) is 0.728. The standard InChI is InChI=1S/C9H10ClNO3/c1-14-9(13)8(11)5-2-3-7(12)6(10)4-5/h2-4,8,12H,11H2,1H3/t8-/m0/s1. The van der Waals surface area contributed by atoms with E-state index in [2.05, 4.69) is 4.74 Å². The molecule has 0 bridgehead atoms. The van der Waals surface area contributed by atoms with Gasteiger partial charge >= 0.3 is 5.97 Å². The number of halogens is 1. The summed E-state index contributed by atoms with van der Waals surface area (Å²) >= 11 is 5.65. The Morgan fingerprint density at radius 2 is 2.29 bits per heavy atom. The van der Waals surface area contributed by atoms with Crippen molar-refractivity contribution in [3.8, 4) is 5.75 Å². The minimum atomic E-state index is -0.877. The van der Waals surface area contributed by atoms with Crippen molar-refractivity contribution in [2.75, 3.05) is 7.11 Å². The van der Waals surface area contributed by atoms with Crippen molar-refractivity contribution >= 4 is 17.6 Å². The van der Waals surface area contributed by atoms with Crippen LogP contribution in [0.2, 0.25) is 5.02 Å². The van der Waals surface area contributed by atoms with E-state index in [1.807, 2.05) is 0 Å². The fourth-order valence-corrected chi connectivity index (χ4v) is 1.17. The Labute approximate surface area is 86.2 Å². The molecule has 0 aromatic heterocycles.